The molecule has 0 aromatic carbocycles. The summed E-state index contributed by atoms with van der Waals surface area (Å²) in [4.78, 5) is 9.86. The van der Waals surface area contributed by atoms with Crippen LogP contribution in [0.3, 0.4) is 0 Å². The average Bonchev–Trinajstić information content (AvgIpc) is 1.64. The first kappa shape index (κ1) is 12.7. The first-order chi connectivity index (χ1) is 3.55. The molecule has 0 aromatic rings. The summed E-state index contributed by atoms with van der Waals surface area (Å²) in [5.74, 6) is -1.18. The van der Waals surface area contributed by atoms with Gasteiger partial charge in [0, 0.05) is 0 Å². The van der Waals surface area contributed by atoms with E-state index in [2.05, 4.69) is 0 Å². The second-order valence-corrected chi connectivity index (χ2v) is 1.60. The SMILES string of the molecule is CC(O)[C@H](N)C(=O)O.[KH]. The number of rotatable bonds is 2. The molecule has 1 unspecified atom stereocenters. The Labute approximate surface area is 95.8 Å². The molecule has 0 fully saturated rings. The van der Waals surface area contributed by atoms with Gasteiger partial charge >= 0.3 is 57.4 Å². The van der Waals surface area contributed by atoms with Gasteiger partial charge in [-0.3, -0.25) is 4.79 Å². The number of carboxylic acids is 1. The second-order valence-electron chi connectivity index (χ2n) is 1.60. The first-order valence-corrected chi connectivity index (χ1v) is 2.22. The fourth-order valence-corrected chi connectivity index (χ4v) is 0.206. The molecule has 0 rings (SSSR count). The molecule has 5 heteroatoms. The molecule has 4 N–H and O–H groups in total. The minimum absolute atomic E-state index is 0. The van der Waals surface area contributed by atoms with Crippen molar-refractivity contribution in [1.29, 1.82) is 0 Å². The van der Waals surface area contributed by atoms with Crippen LogP contribution in [0.4, 0.5) is 0 Å². The molecule has 0 aliphatic heterocycles. The predicted octanol–water partition coefficient (Wildman–Crippen LogP) is -1.87. The summed E-state index contributed by atoms with van der Waals surface area (Å²) in [5, 5.41) is 16.6. The van der Waals surface area contributed by atoms with Gasteiger partial charge in [0.25, 0.3) is 0 Å². The van der Waals surface area contributed by atoms with Gasteiger partial charge in [-0.15, -0.1) is 0 Å². The van der Waals surface area contributed by atoms with Crippen LogP contribution in [0.2, 0.25) is 0 Å². The van der Waals surface area contributed by atoms with Gasteiger partial charge in [0.15, 0.2) is 0 Å². The molecule has 50 valence electrons. The van der Waals surface area contributed by atoms with Crippen LogP contribution in [0.15, 0.2) is 0 Å². The Morgan fingerprint density at radius 2 is 2.00 bits per heavy atom. The molecular weight excluding hydrogens is 149 g/mol. The molecule has 2 atom stereocenters. The van der Waals surface area contributed by atoms with Gasteiger partial charge in [0.05, 0.1) is 6.10 Å². The average molecular weight is 159 g/mol. The number of nitrogens with two attached hydrogens (primary N) is 1. The number of aliphatic hydroxyl groups excluding tert-OH is 1. The Hall–Kier alpha value is 1.03. The van der Waals surface area contributed by atoms with Crippen molar-refractivity contribution in [2.75, 3.05) is 0 Å². The van der Waals surface area contributed by atoms with Crippen LogP contribution < -0.4 is 5.73 Å². The maximum atomic E-state index is 9.86. The molecule has 0 aliphatic carbocycles. The summed E-state index contributed by atoms with van der Waals surface area (Å²) >= 11 is 0. The van der Waals surface area contributed by atoms with Crippen LogP contribution in [0.5, 0.6) is 0 Å². The maximum absolute atomic E-state index is 9.86. The second kappa shape index (κ2) is 5.78. The zero-order chi connectivity index (χ0) is 6.73. The van der Waals surface area contributed by atoms with Crippen molar-refractivity contribution in [2.45, 2.75) is 19.1 Å². The number of carbonyl (C=O) groups is 1. The number of hydrogen-bond donors (Lipinski definition) is 3. The van der Waals surface area contributed by atoms with Gasteiger partial charge in [-0.1, -0.05) is 0 Å². The quantitative estimate of drug-likeness (QED) is 0.412. The molecule has 0 spiro atoms. The van der Waals surface area contributed by atoms with Crippen molar-refractivity contribution in [2.24, 2.45) is 5.73 Å². The van der Waals surface area contributed by atoms with E-state index in [4.69, 9.17) is 15.9 Å². The van der Waals surface area contributed by atoms with Crippen molar-refractivity contribution in [3.05, 3.63) is 0 Å². The van der Waals surface area contributed by atoms with Crippen molar-refractivity contribution in [3.63, 3.8) is 0 Å². The van der Waals surface area contributed by atoms with Crippen LogP contribution in [0.1, 0.15) is 6.92 Å². The number of carboxylic acid groups (broad SMARTS) is 1. The molecular formula is C4H10KNO3. The molecule has 9 heavy (non-hydrogen) atoms. The standard InChI is InChI=1S/C4H9NO3.K.H/c1-2(6)3(5)4(7)8;;/h2-3,6H,5H2,1H3,(H,7,8);;/t2?,3-;;/m0../s1. The monoisotopic (exact) mass is 159 g/mol. The van der Waals surface area contributed by atoms with Gasteiger partial charge in [-0.2, -0.15) is 0 Å². The minimum atomic E-state index is -1.18. The Balaban J connectivity index is 0. The summed E-state index contributed by atoms with van der Waals surface area (Å²) in [5.41, 5.74) is 4.91. The molecule has 0 radical (unpaired) electrons. The van der Waals surface area contributed by atoms with Crippen molar-refractivity contribution < 1.29 is 15.0 Å². The fraction of sp³-hybridized carbons (Fsp3) is 0.750. The Morgan fingerprint density at radius 3 is 2.00 bits per heavy atom. The van der Waals surface area contributed by atoms with E-state index in [1.54, 1.807) is 0 Å². The molecule has 0 aromatic heterocycles. The Bertz CT molecular complexity index is 95.8. The van der Waals surface area contributed by atoms with Crippen LogP contribution in [-0.2, 0) is 4.79 Å². The molecule has 0 heterocycles. The number of hydrogen-bond acceptors (Lipinski definition) is 3. The van der Waals surface area contributed by atoms with Crippen molar-refractivity contribution in [3.8, 4) is 0 Å². The van der Waals surface area contributed by atoms with Crippen LogP contribution in [0, 0.1) is 0 Å². The fourth-order valence-electron chi connectivity index (χ4n) is 0.206. The molecule has 0 amide bonds. The van der Waals surface area contributed by atoms with Gasteiger partial charge in [0.1, 0.15) is 6.04 Å². The van der Waals surface area contributed by atoms with Crippen LogP contribution >= 0.6 is 0 Å². The summed E-state index contributed by atoms with van der Waals surface area (Å²) in [6.45, 7) is 1.33. The molecule has 0 saturated heterocycles. The zero-order valence-electron chi connectivity index (χ0n) is 4.53. The third-order valence-corrected chi connectivity index (χ3v) is 0.805. The summed E-state index contributed by atoms with van der Waals surface area (Å²) in [6, 6.07) is -1.16. The van der Waals surface area contributed by atoms with Gasteiger partial charge in [-0.25, -0.2) is 0 Å². The topological polar surface area (TPSA) is 83.5 Å². The number of aliphatic hydroxyl groups is 1. The predicted molar refractivity (Wildman–Crippen MR) is 34.4 cm³/mol. The van der Waals surface area contributed by atoms with E-state index in [1.807, 2.05) is 0 Å². The summed E-state index contributed by atoms with van der Waals surface area (Å²) < 4.78 is 0. The van der Waals surface area contributed by atoms with Gasteiger partial charge < -0.3 is 15.9 Å². The van der Waals surface area contributed by atoms with Crippen LogP contribution in [-0.4, -0.2) is 79.7 Å². The molecule has 0 bridgehead atoms. The van der Waals surface area contributed by atoms with Gasteiger partial charge in [-0.05, 0) is 6.92 Å². The molecule has 0 saturated carbocycles. The zero-order valence-corrected chi connectivity index (χ0v) is 4.53. The van der Waals surface area contributed by atoms with Crippen molar-refractivity contribution >= 4 is 57.4 Å². The number of aliphatic carboxylic acids is 1. The van der Waals surface area contributed by atoms with E-state index in [9.17, 15) is 4.79 Å². The third-order valence-electron chi connectivity index (χ3n) is 0.805. The third kappa shape index (κ3) is 5.47. The van der Waals surface area contributed by atoms with Crippen LogP contribution in [0.25, 0.3) is 0 Å². The molecule has 4 nitrogen and oxygen atoms in total. The van der Waals surface area contributed by atoms with E-state index >= 15 is 0 Å². The van der Waals surface area contributed by atoms with Gasteiger partial charge in [0.2, 0.25) is 0 Å². The van der Waals surface area contributed by atoms with E-state index < -0.39 is 18.1 Å². The summed E-state index contributed by atoms with van der Waals surface area (Å²) in [6.07, 6.45) is -0.979. The van der Waals surface area contributed by atoms with Crippen molar-refractivity contribution in [1.82, 2.24) is 0 Å². The van der Waals surface area contributed by atoms with E-state index in [1.165, 1.54) is 6.92 Å². The Kier molecular flexibility index (Phi) is 8.15. The van der Waals surface area contributed by atoms with E-state index in [0.29, 0.717) is 0 Å². The van der Waals surface area contributed by atoms with E-state index in [-0.39, 0.29) is 51.4 Å². The summed E-state index contributed by atoms with van der Waals surface area (Å²) in [7, 11) is 0. The first-order valence-electron chi connectivity index (χ1n) is 2.22. The normalized spacial score (nSPS) is 15.4. The van der Waals surface area contributed by atoms with E-state index in [0.717, 1.165) is 0 Å². The molecule has 0 aliphatic rings. The Morgan fingerprint density at radius 1 is 1.67 bits per heavy atom.